The fourth-order valence-corrected chi connectivity index (χ4v) is 2.82. The molecule has 0 amide bonds. The van der Waals surface area contributed by atoms with E-state index >= 15 is 0 Å². The Morgan fingerprint density at radius 3 is 2.64 bits per heavy atom. The third-order valence-electron chi connectivity index (χ3n) is 1.49. The zero-order chi connectivity index (χ0) is 8.27. The van der Waals surface area contributed by atoms with Crippen LogP contribution in [0.5, 0.6) is 0 Å². The number of nitrogens with zero attached hydrogens (tertiary/aromatic N) is 1. The topological polar surface area (TPSA) is 12.9 Å². The van der Waals surface area contributed by atoms with E-state index in [0.29, 0.717) is 0 Å². The van der Waals surface area contributed by atoms with E-state index in [9.17, 15) is 0 Å². The van der Waals surface area contributed by atoms with Crippen LogP contribution >= 0.6 is 27.3 Å². The van der Waals surface area contributed by atoms with Crippen molar-refractivity contribution >= 4 is 27.3 Å². The Bertz CT molecular complexity index is 232. The number of rotatable bonds is 3. The normalized spacial score (nSPS) is 10.5. The Labute approximate surface area is 80.0 Å². The molecule has 0 saturated heterocycles. The third-order valence-corrected chi connectivity index (χ3v) is 3.38. The number of aryl methyl sites for hydroxylation is 2. The standard InChI is InChI=1S/C8H12BrNS/c1-3-5-7-10-6(4-2)8(9)11-7/h3-5H2,1-2H3. The van der Waals surface area contributed by atoms with Gasteiger partial charge in [-0.25, -0.2) is 4.98 Å². The number of thiazole rings is 1. The second kappa shape index (κ2) is 4.21. The molecule has 1 nitrogen and oxygen atoms in total. The molecule has 0 spiro atoms. The Balaban J connectivity index is 2.77. The molecule has 0 aliphatic heterocycles. The van der Waals surface area contributed by atoms with Gasteiger partial charge in [-0.1, -0.05) is 13.8 Å². The van der Waals surface area contributed by atoms with Gasteiger partial charge >= 0.3 is 0 Å². The van der Waals surface area contributed by atoms with Gasteiger partial charge in [-0.15, -0.1) is 11.3 Å². The minimum Gasteiger partial charge on any atom is -0.245 e. The first-order valence-electron chi connectivity index (χ1n) is 3.92. The summed E-state index contributed by atoms with van der Waals surface area (Å²) in [4.78, 5) is 4.49. The Hall–Kier alpha value is 0.110. The van der Waals surface area contributed by atoms with Crippen molar-refractivity contribution in [2.24, 2.45) is 0 Å². The van der Waals surface area contributed by atoms with E-state index in [2.05, 4.69) is 34.8 Å². The summed E-state index contributed by atoms with van der Waals surface area (Å²) in [5.74, 6) is 0. The van der Waals surface area contributed by atoms with E-state index in [1.54, 1.807) is 11.3 Å². The molecule has 0 radical (unpaired) electrons. The zero-order valence-corrected chi connectivity index (χ0v) is 9.26. The minimum atomic E-state index is 1.03. The average Bonchev–Trinajstić information content (AvgIpc) is 2.32. The Morgan fingerprint density at radius 1 is 1.45 bits per heavy atom. The highest BCUT2D eigenvalue weighted by Crippen LogP contribution is 2.25. The highest BCUT2D eigenvalue weighted by molar-refractivity contribution is 9.11. The fourth-order valence-electron chi connectivity index (χ4n) is 0.918. The summed E-state index contributed by atoms with van der Waals surface area (Å²) in [5, 5.41) is 1.26. The van der Waals surface area contributed by atoms with Crippen molar-refractivity contribution in [1.82, 2.24) is 4.98 Å². The molecule has 1 heterocycles. The Kier molecular flexibility index (Phi) is 3.52. The summed E-state index contributed by atoms with van der Waals surface area (Å²) < 4.78 is 1.21. The predicted molar refractivity (Wildman–Crippen MR) is 53.2 cm³/mol. The molecule has 0 saturated carbocycles. The van der Waals surface area contributed by atoms with E-state index in [0.717, 1.165) is 12.8 Å². The van der Waals surface area contributed by atoms with Gasteiger partial charge in [0.2, 0.25) is 0 Å². The zero-order valence-electron chi connectivity index (χ0n) is 6.85. The summed E-state index contributed by atoms with van der Waals surface area (Å²) in [5.41, 5.74) is 1.21. The van der Waals surface area contributed by atoms with Crippen LogP contribution in [-0.2, 0) is 12.8 Å². The van der Waals surface area contributed by atoms with Crippen LogP contribution in [0, 0.1) is 0 Å². The Morgan fingerprint density at radius 2 is 2.18 bits per heavy atom. The molecule has 11 heavy (non-hydrogen) atoms. The highest BCUT2D eigenvalue weighted by Gasteiger charge is 2.05. The lowest BCUT2D eigenvalue weighted by Crippen LogP contribution is -1.83. The largest absolute Gasteiger partial charge is 0.245 e. The van der Waals surface area contributed by atoms with Crippen molar-refractivity contribution < 1.29 is 0 Å². The number of hydrogen-bond donors (Lipinski definition) is 0. The quantitative estimate of drug-likeness (QED) is 0.780. The van der Waals surface area contributed by atoms with E-state index in [-0.39, 0.29) is 0 Å². The van der Waals surface area contributed by atoms with E-state index in [1.165, 1.54) is 20.9 Å². The van der Waals surface area contributed by atoms with Crippen LogP contribution in [0.25, 0.3) is 0 Å². The van der Waals surface area contributed by atoms with Gasteiger partial charge in [-0.05, 0) is 35.2 Å². The van der Waals surface area contributed by atoms with Crippen molar-refractivity contribution in [3.8, 4) is 0 Å². The summed E-state index contributed by atoms with van der Waals surface area (Å²) in [7, 11) is 0. The van der Waals surface area contributed by atoms with Gasteiger partial charge in [0.1, 0.15) is 0 Å². The van der Waals surface area contributed by atoms with Gasteiger partial charge in [0, 0.05) is 0 Å². The molecule has 0 bridgehead atoms. The molecule has 1 aromatic rings. The lowest BCUT2D eigenvalue weighted by molar-refractivity contribution is 0.893. The van der Waals surface area contributed by atoms with Crippen LogP contribution in [0.1, 0.15) is 31.0 Å². The van der Waals surface area contributed by atoms with Gasteiger partial charge in [0.25, 0.3) is 0 Å². The van der Waals surface area contributed by atoms with Crippen LogP contribution in [0.2, 0.25) is 0 Å². The molecule has 3 heteroatoms. The summed E-state index contributed by atoms with van der Waals surface area (Å²) in [6, 6.07) is 0. The molecule has 0 aliphatic rings. The molecule has 0 aromatic carbocycles. The van der Waals surface area contributed by atoms with Crippen LogP contribution in [0.3, 0.4) is 0 Å². The second-order valence-electron chi connectivity index (χ2n) is 2.43. The molecule has 0 aliphatic carbocycles. The summed E-state index contributed by atoms with van der Waals surface area (Å²) in [6.07, 6.45) is 3.33. The van der Waals surface area contributed by atoms with Crippen molar-refractivity contribution in [3.05, 3.63) is 14.5 Å². The molecule has 62 valence electrons. The average molecular weight is 234 g/mol. The van der Waals surface area contributed by atoms with Gasteiger partial charge in [-0.3, -0.25) is 0 Å². The summed E-state index contributed by atoms with van der Waals surface area (Å²) >= 11 is 5.27. The lowest BCUT2D eigenvalue weighted by atomic mass is 10.3. The highest BCUT2D eigenvalue weighted by atomic mass is 79.9. The number of aromatic nitrogens is 1. The van der Waals surface area contributed by atoms with Crippen molar-refractivity contribution in [3.63, 3.8) is 0 Å². The van der Waals surface area contributed by atoms with Crippen LogP contribution in [0.4, 0.5) is 0 Å². The molecular weight excluding hydrogens is 222 g/mol. The maximum absolute atomic E-state index is 4.49. The third kappa shape index (κ3) is 2.27. The van der Waals surface area contributed by atoms with Gasteiger partial charge in [0.15, 0.2) is 0 Å². The molecule has 0 N–H and O–H groups in total. The molecule has 0 unspecified atom stereocenters. The second-order valence-corrected chi connectivity index (χ2v) is 4.83. The molecule has 1 rings (SSSR count). The van der Waals surface area contributed by atoms with Gasteiger partial charge in [0.05, 0.1) is 14.5 Å². The SMILES string of the molecule is CCCc1nc(CC)c(Br)s1. The first-order valence-corrected chi connectivity index (χ1v) is 5.53. The van der Waals surface area contributed by atoms with Crippen LogP contribution in [-0.4, -0.2) is 4.98 Å². The lowest BCUT2D eigenvalue weighted by Gasteiger charge is -1.87. The van der Waals surface area contributed by atoms with Gasteiger partial charge < -0.3 is 0 Å². The van der Waals surface area contributed by atoms with Crippen molar-refractivity contribution in [2.75, 3.05) is 0 Å². The molecule has 1 aromatic heterocycles. The van der Waals surface area contributed by atoms with Crippen molar-refractivity contribution in [1.29, 1.82) is 0 Å². The van der Waals surface area contributed by atoms with E-state index in [4.69, 9.17) is 0 Å². The van der Waals surface area contributed by atoms with Crippen molar-refractivity contribution in [2.45, 2.75) is 33.1 Å². The number of hydrogen-bond acceptors (Lipinski definition) is 2. The molecule has 0 fully saturated rings. The fraction of sp³-hybridized carbons (Fsp3) is 0.625. The van der Waals surface area contributed by atoms with Crippen LogP contribution in [0.15, 0.2) is 3.79 Å². The maximum atomic E-state index is 4.49. The first kappa shape index (κ1) is 9.20. The monoisotopic (exact) mass is 233 g/mol. The number of halogens is 1. The van der Waals surface area contributed by atoms with E-state index < -0.39 is 0 Å². The predicted octanol–water partition coefficient (Wildman–Crippen LogP) is 3.42. The first-order chi connectivity index (χ1) is 5.27. The smallest absolute Gasteiger partial charge is 0.0940 e. The molecular formula is C8H12BrNS. The minimum absolute atomic E-state index is 1.03. The van der Waals surface area contributed by atoms with Crippen LogP contribution < -0.4 is 0 Å². The van der Waals surface area contributed by atoms with E-state index in [1.807, 2.05) is 0 Å². The summed E-state index contributed by atoms with van der Waals surface area (Å²) in [6.45, 7) is 4.32. The van der Waals surface area contributed by atoms with Gasteiger partial charge in [-0.2, -0.15) is 0 Å². The molecule has 0 atom stereocenters. The maximum Gasteiger partial charge on any atom is 0.0940 e.